The van der Waals surface area contributed by atoms with E-state index in [2.05, 4.69) is 41.4 Å². The van der Waals surface area contributed by atoms with Gasteiger partial charge in [-0.05, 0) is 47.6 Å². The summed E-state index contributed by atoms with van der Waals surface area (Å²) in [5.74, 6) is 0. The third-order valence-electron chi connectivity index (χ3n) is 1.72. The molecule has 0 aliphatic rings. The first-order valence-electron chi connectivity index (χ1n) is 3.47. The quantitative estimate of drug-likeness (QED) is 0.783. The van der Waals surface area contributed by atoms with E-state index in [1.165, 1.54) is 14.7 Å². The van der Waals surface area contributed by atoms with Gasteiger partial charge in [-0.25, -0.2) is 0 Å². The average Bonchev–Trinajstić information content (AvgIpc) is 2.01. The molecule has 0 unspecified atom stereocenters. The molecule has 0 radical (unpaired) electrons. The van der Waals surface area contributed by atoms with Crippen molar-refractivity contribution < 1.29 is 0 Å². The number of hydrogen-bond donors (Lipinski definition) is 1. The van der Waals surface area contributed by atoms with Gasteiger partial charge >= 0.3 is 0 Å². The molecule has 11 heavy (non-hydrogen) atoms. The zero-order chi connectivity index (χ0) is 8.43. The van der Waals surface area contributed by atoms with Crippen LogP contribution in [0.25, 0.3) is 0 Å². The highest BCUT2D eigenvalue weighted by Crippen LogP contribution is 2.17. The molecule has 0 amide bonds. The fraction of sp³-hybridized carbons (Fsp3) is 0.375. The second-order valence-electron chi connectivity index (χ2n) is 2.53. The number of nitrogens with zero attached hydrogens (tertiary/aromatic N) is 1. The first-order valence-corrected chi connectivity index (χ1v) is 4.55. The first-order chi connectivity index (χ1) is 5.16. The minimum absolute atomic E-state index is 0.530. The molecule has 0 bridgehead atoms. The van der Waals surface area contributed by atoms with E-state index >= 15 is 0 Å². The highest BCUT2D eigenvalue weighted by atomic mass is 127. The highest BCUT2D eigenvalue weighted by molar-refractivity contribution is 14.1. The van der Waals surface area contributed by atoms with Gasteiger partial charge in [-0.2, -0.15) is 0 Å². The van der Waals surface area contributed by atoms with Crippen LogP contribution >= 0.6 is 22.6 Å². The number of aryl methyl sites for hydroxylation is 1. The standard InChI is InChI=1S/C8H11IN2/c1-5-4-11-7(3-10)6(2)8(5)9/h4H,3,10H2,1-2H3. The molecule has 0 spiro atoms. The summed E-state index contributed by atoms with van der Waals surface area (Å²) < 4.78 is 1.28. The van der Waals surface area contributed by atoms with Crippen molar-refractivity contribution in [1.29, 1.82) is 0 Å². The molecular weight excluding hydrogens is 251 g/mol. The van der Waals surface area contributed by atoms with E-state index in [-0.39, 0.29) is 0 Å². The van der Waals surface area contributed by atoms with Gasteiger partial charge in [0, 0.05) is 16.3 Å². The fourth-order valence-electron chi connectivity index (χ4n) is 0.956. The summed E-state index contributed by atoms with van der Waals surface area (Å²) in [6, 6.07) is 0. The van der Waals surface area contributed by atoms with Crippen molar-refractivity contribution in [3.63, 3.8) is 0 Å². The number of halogens is 1. The molecule has 0 saturated carbocycles. The fourth-order valence-corrected chi connectivity index (χ4v) is 1.41. The molecule has 2 N–H and O–H groups in total. The van der Waals surface area contributed by atoms with Crippen molar-refractivity contribution in [2.45, 2.75) is 20.4 Å². The largest absolute Gasteiger partial charge is 0.325 e. The Hall–Kier alpha value is -0.160. The van der Waals surface area contributed by atoms with Gasteiger partial charge in [0.15, 0.2) is 0 Å². The Morgan fingerprint density at radius 2 is 2.18 bits per heavy atom. The van der Waals surface area contributed by atoms with Gasteiger partial charge < -0.3 is 5.73 Å². The number of aromatic nitrogens is 1. The van der Waals surface area contributed by atoms with Crippen molar-refractivity contribution in [1.82, 2.24) is 4.98 Å². The van der Waals surface area contributed by atoms with Crippen molar-refractivity contribution in [3.05, 3.63) is 26.6 Å². The maximum absolute atomic E-state index is 5.50. The zero-order valence-electron chi connectivity index (χ0n) is 6.69. The van der Waals surface area contributed by atoms with Gasteiger partial charge in [0.2, 0.25) is 0 Å². The molecule has 0 atom stereocenters. The number of rotatable bonds is 1. The van der Waals surface area contributed by atoms with Crippen LogP contribution in [0, 0.1) is 17.4 Å². The van der Waals surface area contributed by atoms with Crippen LogP contribution in [0.4, 0.5) is 0 Å². The van der Waals surface area contributed by atoms with Crippen molar-refractivity contribution >= 4 is 22.6 Å². The smallest absolute Gasteiger partial charge is 0.0579 e. The van der Waals surface area contributed by atoms with Crippen LogP contribution in [0.3, 0.4) is 0 Å². The van der Waals surface area contributed by atoms with Crippen molar-refractivity contribution in [3.8, 4) is 0 Å². The first kappa shape index (κ1) is 8.93. The van der Waals surface area contributed by atoms with Gasteiger partial charge in [-0.1, -0.05) is 0 Å². The summed E-state index contributed by atoms with van der Waals surface area (Å²) in [5.41, 5.74) is 8.94. The number of hydrogen-bond acceptors (Lipinski definition) is 2. The molecule has 60 valence electrons. The molecule has 2 nitrogen and oxygen atoms in total. The maximum atomic E-state index is 5.50. The Bertz CT molecular complexity index is 271. The Labute approximate surface area is 80.3 Å². The molecular formula is C8H11IN2. The van der Waals surface area contributed by atoms with Gasteiger partial charge in [-0.3, -0.25) is 4.98 Å². The lowest BCUT2D eigenvalue weighted by molar-refractivity contribution is 0.956. The lowest BCUT2D eigenvalue weighted by atomic mass is 10.2. The molecule has 1 aromatic rings. The van der Waals surface area contributed by atoms with Crippen LogP contribution in [0.15, 0.2) is 6.20 Å². The normalized spacial score (nSPS) is 10.2. The summed E-state index contributed by atoms with van der Waals surface area (Å²) in [6.45, 7) is 4.65. The summed E-state index contributed by atoms with van der Waals surface area (Å²) in [6.07, 6.45) is 1.87. The Morgan fingerprint density at radius 3 is 2.73 bits per heavy atom. The minimum atomic E-state index is 0.530. The third kappa shape index (κ3) is 1.70. The summed E-state index contributed by atoms with van der Waals surface area (Å²) >= 11 is 2.32. The van der Waals surface area contributed by atoms with Gasteiger partial charge in [-0.15, -0.1) is 0 Å². The second-order valence-corrected chi connectivity index (χ2v) is 3.61. The topological polar surface area (TPSA) is 38.9 Å². The van der Waals surface area contributed by atoms with E-state index < -0.39 is 0 Å². The molecule has 3 heteroatoms. The average molecular weight is 262 g/mol. The predicted molar refractivity (Wildman–Crippen MR) is 54.3 cm³/mol. The molecule has 0 fully saturated rings. The lowest BCUT2D eigenvalue weighted by Crippen LogP contribution is -2.04. The van der Waals surface area contributed by atoms with Crippen LogP contribution < -0.4 is 5.73 Å². The molecule has 0 aliphatic heterocycles. The van der Waals surface area contributed by atoms with Crippen LogP contribution in [-0.2, 0) is 6.54 Å². The summed E-state index contributed by atoms with van der Waals surface area (Å²) in [7, 11) is 0. The van der Waals surface area contributed by atoms with Crippen molar-refractivity contribution in [2.24, 2.45) is 5.73 Å². The molecule has 1 aromatic heterocycles. The van der Waals surface area contributed by atoms with E-state index in [4.69, 9.17) is 5.73 Å². The van der Waals surface area contributed by atoms with Gasteiger partial charge in [0.05, 0.1) is 5.69 Å². The molecule has 1 rings (SSSR count). The van der Waals surface area contributed by atoms with Crippen molar-refractivity contribution in [2.75, 3.05) is 0 Å². The summed E-state index contributed by atoms with van der Waals surface area (Å²) in [4.78, 5) is 4.23. The van der Waals surface area contributed by atoms with Crippen LogP contribution in [0.2, 0.25) is 0 Å². The van der Waals surface area contributed by atoms with E-state index in [1.54, 1.807) is 0 Å². The van der Waals surface area contributed by atoms with E-state index in [0.29, 0.717) is 6.54 Å². The number of pyridine rings is 1. The Kier molecular flexibility index (Phi) is 2.84. The third-order valence-corrected chi connectivity index (χ3v) is 3.38. The van der Waals surface area contributed by atoms with Crippen LogP contribution in [-0.4, -0.2) is 4.98 Å². The van der Waals surface area contributed by atoms with Gasteiger partial charge in [0.1, 0.15) is 0 Å². The molecule has 0 saturated heterocycles. The maximum Gasteiger partial charge on any atom is 0.0579 e. The summed E-state index contributed by atoms with van der Waals surface area (Å²) in [5, 5.41) is 0. The van der Waals surface area contributed by atoms with E-state index in [0.717, 1.165) is 5.69 Å². The number of nitrogens with two attached hydrogens (primary N) is 1. The second kappa shape index (κ2) is 3.49. The van der Waals surface area contributed by atoms with E-state index in [9.17, 15) is 0 Å². The molecule has 0 aromatic carbocycles. The lowest BCUT2D eigenvalue weighted by Gasteiger charge is -2.05. The zero-order valence-corrected chi connectivity index (χ0v) is 8.84. The SMILES string of the molecule is Cc1cnc(CN)c(C)c1I. The van der Waals surface area contributed by atoms with Crippen LogP contribution in [0.1, 0.15) is 16.8 Å². The molecule has 0 aliphatic carbocycles. The molecule has 1 heterocycles. The van der Waals surface area contributed by atoms with Gasteiger partial charge in [0.25, 0.3) is 0 Å². The van der Waals surface area contributed by atoms with E-state index in [1.807, 2.05) is 6.20 Å². The highest BCUT2D eigenvalue weighted by Gasteiger charge is 2.03. The minimum Gasteiger partial charge on any atom is -0.325 e. The monoisotopic (exact) mass is 262 g/mol. The predicted octanol–water partition coefficient (Wildman–Crippen LogP) is 1.76. The Balaban J connectivity index is 3.25. The van der Waals surface area contributed by atoms with Crippen LogP contribution in [0.5, 0.6) is 0 Å². The Morgan fingerprint density at radius 1 is 1.55 bits per heavy atom.